The van der Waals surface area contributed by atoms with E-state index in [1.165, 1.54) is 0 Å². The molecule has 3 fully saturated rings. The van der Waals surface area contributed by atoms with Crippen molar-refractivity contribution in [1.29, 1.82) is 0 Å². The SMILES string of the molecule is CC(C)NC(=O)N(Cc1ccccc1)CC1(O)CCC2C34C=CC5(C=C3C(=O)c3ccccc3)CC(O)CCC5(C)C4CCC21C. The van der Waals surface area contributed by atoms with Gasteiger partial charge in [-0.1, -0.05) is 92.7 Å². The first-order chi connectivity index (χ1) is 21.9. The molecule has 2 aromatic rings. The highest BCUT2D eigenvalue weighted by Crippen LogP contribution is 2.78. The molecule has 3 saturated carbocycles. The van der Waals surface area contributed by atoms with Crippen LogP contribution in [-0.4, -0.2) is 51.2 Å². The number of hydrogen-bond donors (Lipinski definition) is 3. The lowest BCUT2D eigenvalue weighted by Gasteiger charge is -2.71. The highest BCUT2D eigenvalue weighted by molar-refractivity contribution is 6.10. The van der Waals surface area contributed by atoms with Crippen molar-refractivity contribution in [3.63, 3.8) is 0 Å². The third-order valence-corrected chi connectivity index (χ3v) is 13.4. The summed E-state index contributed by atoms with van der Waals surface area (Å²) in [5.74, 6) is 0.334. The van der Waals surface area contributed by atoms with E-state index in [2.05, 4.69) is 37.4 Å². The molecule has 0 heterocycles. The van der Waals surface area contributed by atoms with Crippen LogP contribution >= 0.6 is 0 Å². The molecule has 3 N–H and O–H groups in total. The van der Waals surface area contributed by atoms with Crippen molar-refractivity contribution < 1.29 is 19.8 Å². The number of aliphatic hydroxyl groups excluding tert-OH is 1. The number of carbonyl (C=O) groups excluding carboxylic acids is 2. The van der Waals surface area contributed by atoms with Crippen LogP contribution in [-0.2, 0) is 6.54 Å². The maximum atomic E-state index is 14.6. The van der Waals surface area contributed by atoms with E-state index in [9.17, 15) is 19.8 Å². The molecule has 2 amide bonds. The molecule has 2 aromatic carbocycles. The van der Waals surface area contributed by atoms with Crippen molar-refractivity contribution in [2.24, 2.45) is 33.5 Å². The van der Waals surface area contributed by atoms with Gasteiger partial charge in [-0.25, -0.2) is 4.79 Å². The van der Waals surface area contributed by atoms with Crippen LogP contribution in [0.15, 0.2) is 84.5 Å². The molecular formula is C40H50N2O4. The first-order valence-electron chi connectivity index (χ1n) is 17.4. The van der Waals surface area contributed by atoms with Crippen LogP contribution < -0.4 is 5.32 Å². The van der Waals surface area contributed by atoms with Crippen LogP contribution in [0, 0.1) is 33.5 Å². The molecule has 8 unspecified atom stereocenters. The van der Waals surface area contributed by atoms with Crippen LogP contribution in [0.2, 0.25) is 0 Å². The number of ketones is 1. The summed E-state index contributed by atoms with van der Waals surface area (Å²) in [6.07, 6.45) is 12.0. The van der Waals surface area contributed by atoms with E-state index in [1.54, 1.807) is 4.90 Å². The zero-order valence-electron chi connectivity index (χ0n) is 27.8. The van der Waals surface area contributed by atoms with E-state index in [1.807, 2.05) is 74.5 Å². The largest absolute Gasteiger partial charge is 0.393 e. The summed E-state index contributed by atoms with van der Waals surface area (Å²) in [7, 11) is 0. The number of aliphatic hydroxyl groups is 2. The van der Waals surface area contributed by atoms with E-state index in [-0.39, 0.29) is 53.2 Å². The number of nitrogens with one attached hydrogen (secondary N) is 1. The Labute approximate surface area is 274 Å². The van der Waals surface area contributed by atoms with Gasteiger partial charge in [-0.05, 0) is 81.6 Å². The van der Waals surface area contributed by atoms with E-state index in [4.69, 9.17) is 0 Å². The maximum Gasteiger partial charge on any atom is 0.317 e. The van der Waals surface area contributed by atoms with E-state index < -0.39 is 16.4 Å². The second kappa shape index (κ2) is 10.9. The molecule has 244 valence electrons. The molecule has 8 rings (SSSR count). The Balaban J connectivity index is 1.31. The Kier molecular flexibility index (Phi) is 7.45. The lowest BCUT2D eigenvalue weighted by Crippen LogP contribution is -2.67. The van der Waals surface area contributed by atoms with Crippen LogP contribution in [0.4, 0.5) is 4.79 Å². The number of allylic oxidation sites excluding steroid dienone is 4. The Morgan fingerprint density at radius 3 is 2.22 bits per heavy atom. The molecule has 6 heteroatoms. The van der Waals surface area contributed by atoms with Crippen molar-refractivity contribution in [3.05, 3.63) is 95.6 Å². The van der Waals surface area contributed by atoms with Crippen LogP contribution in [0.5, 0.6) is 0 Å². The van der Waals surface area contributed by atoms with Gasteiger partial charge in [0.2, 0.25) is 0 Å². The minimum absolute atomic E-state index is 0.0250. The average Bonchev–Trinajstić information content (AvgIpc) is 3.31. The molecule has 6 aliphatic carbocycles. The third-order valence-electron chi connectivity index (χ3n) is 13.4. The number of urea groups is 1. The summed E-state index contributed by atoms with van der Waals surface area (Å²) in [5, 5.41) is 26.9. The third kappa shape index (κ3) is 4.42. The number of benzene rings is 2. The molecule has 2 spiro atoms. The lowest BCUT2D eigenvalue weighted by molar-refractivity contribution is -0.174. The Morgan fingerprint density at radius 1 is 0.891 bits per heavy atom. The quantitative estimate of drug-likeness (QED) is 0.227. The van der Waals surface area contributed by atoms with Crippen molar-refractivity contribution in [1.82, 2.24) is 10.2 Å². The highest BCUT2D eigenvalue weighted by atomic mass is 16.3. The Hall–Kier alpha value is -3.22. The van der Waals surface area contributed by atoms with Gasteiger partial charge in [0.05, 0.1) is 18.2 Å². The van der Waals surface area contributed by atoms with Gasteiger partial charge in [0, 0.05) is 40.0 Å². The maximum absolute atomic E-state index is 14.6. The zero-order chi connectivity index (χ0) is 32.5. The summed E-state index contributed by atoms with van der Waals surface area (Å²) in [5.41, 5.74) is -0.0242. The van der Waals surface area contributed by atoms with Crippen LogP contribution in [0.25, 0.3) is 0 Å². The molecule has 0 radical (unpaired) electrons. The van der Waals surface area contributed by atoms with E-state index in [0.717, 1.165) is 43.2 Å². The second-order valence-electron chi connectivity index (χ2n) is 16.0. The van der Waals surface area contributed by atoms with E-state index >= 15 is 0 Å². The number of carbonyl (C=O) groups is 2. The minimum atomic E-state index is -1.12. The molecule has 0 aliphatic heterocycles. The first-order valence-corrected chi connectivity index (χ1v) is 17.4. The number of amides is 2. The predicted octanol–water partition coefficient (Wildman–Crippen LogP) is 7.08. The van der Waals surface area contributed by atoms with Gasteiger partial charge < -0.3 is 20.4 Å². The molecule has 6 nitrogen and oxygen atoms in total. The minimum Gasteiger partial charge on any atom is -0.393 e. The van der Waals surface area contributed by atoms with Gasteiger partial charge >= 0.3 is 6.03 Å². The fourth-order valence-electron chi connectivity index (χ4n) is 11.0. The molecule has 2 bridgehead atoms. The van der Waals surface area contributed by atoms with Gasteiger partial charge in [-0.3, -0.25) is 4.79 Å². The smallest absolute Gasteiger partial charge is 0.317 e. The summed E-state index contributed by atoms with van der Waals surface area (Å²) in [4.78, 5) is 30.1. The van der Waals surface area contributed by atoms with Crippen molar-refractivity contribution in [2.75, 3.05) is 6.54 Å². The fraction of sp³-hybridized carbons (Fsp3) is 0.550. The number of hydrogen-bond acceptors (Lipinski definition) is 4. The second-order valence-corrected chi connectivity index (χ2v) is 16.0. The summed E-state index contributed by atoms with van der Waals surface area (Å²) in [6.45, 7) is 9.21. The van der Waals surface area contributed by atoms with Crippen molar-refractivity contribution in [3.8, 4) is 0 Å². The van der Waals surface area contributed by atoms with Crippen LogP contribution in [0.1, 0.15) is 88.6 Å². The Morgan fingerprint density at radius 2 is 1.52 bits per heavy atom. The molecule has 8 atom stereocenters. The van der Waals surface area contributed by atoms with Gasteiger partial charge in [0.1, 0.15) is 0 Å². The standard InChI is InChI=1S/C40H50N2O4/c1-27(2)41-35(45)42(25-28-11-7-5-8-12-28)26-39(46)20-17-33-37(39,4)19-16-32-36(3)18-15-30(43)23-38(36)21-22-40(32,33)31(24-38)34(44)29-13-9-6-10-14-29/h5-14,21-22,24,27,30,32-33,43,46H,15-20,23,25-26H2,1-4H3,(H,41,45). The summed E-state index contributed by atoms with van der Waals surface area (Å²) >= 11 is 0. The number of fused-ring (bicyclic) bond motifs is 1. The van der Waals surface area contributed by atoms with Crippen molar-refractivity contribution >= 4 is 11.8 Å². The number of rotatable bonds is 7. The monoisotopic (exact) mass is 622 g/mol. The fourth-order valence-corrected chi connectivity index (χ4v) is 11.0. The molecule has 46 heavy (non-hydrogen) atoms. The first kappa shape index (κ1) is 31.4. The number of Topliss-reactive ketones (excluding diaryl/α,β-unsaturated/α-hetero) is 1. The van der Waals surface area contributed by atoms with Gasteiger partial charge in [0.25, 0.3) is 0 Å². The lowest BCUT2D eigenvalue weighted by atomic mass is 9.32. The normalized spacial score (nSPS) is 38.8. The Bertz CT molecular complexity index is 1570. The average molecular weight is 623 g/mol. The van der Waals surface area contributed by atoms with Crippen molar-refractivity contribution in [2.45, 2.75) is 96.9 Å². The molecule has 0 saturated heterocycles. The molecular weight excluding hydrogens is 572 g/mol. The predicted molar refractivity (Wildman–Crippen MR) is 180 cm³/mol. The highest BCUT2D eigenvalue weighted by Gasteiger charge is 2.74. The van der Waals surface area contributed by atoms with Crippen LogP contribution in [0.3, 0.4) is 0 Å². The van der Waals surface area contributed by atoms with E-state index in [0.29, 0.717) is 24.9 Å². The number of nitrogens with zero attached hydrogens (tertiary/aromatic N) is 1. The molecule has 0 aromatic heterocycles. The molecule has 6 aliphatic rings. The van der Waals surface area contributed by atoms with Gasteiger partial charge in [-0.2, -0.15) is 0 Å². The topological polar surface area (TPSA) is 89.9 Å². The van der Waals surface area contributed by atoms with Gasteiger partial charge in [-0.15, -0.1) is 0 Å². The summed E-state index contributed by atoms with van der Waals surface area (Å²) in [6, 6.07) is 19.4. The summed E-state index contributed by atoms with van der Waals surface area (Å²) < 4.78 is 0. The van der Waals surface area contributed by atoms with Gasteiger partial charge in [0.15, 0.2) is 5.78 Å². The zero-order valence-corrected chi connectivity index (χ0v) is 27.8.